The van der Waals surface area contributed by atoms with Gasteiger partial charge in [0.15, 0.2) is 5.96 Å². The van der Waals surface area contributed by atoms with Crippen molar-refractivity contribution in [1.82, 2.24) is 14.9 Å². The third-order valence-electron chi connectivity index (χ3n) is 3.10. The highest BCUT2D eigenvalue weighted by molar-refractivity contribution is 7.89. The van der Waals surface area contributed by atoms with Gasteiger partial charge >= 0.3 is 6.18 Å². The molecule has 0 aliphatic carbocycles. The second-order valence-corrected chi connectivity index (χ2v) is 7.23. The maximum Gasteiger partial charge on any atom is 0.390 e. The van der Waals surface area contributed by atoms with Gasteiger partial charge in [-0.25, -0.2) is 12.7 Å². The van der Waals surface area contributed by atoms with Gasteiger partial charge < -0.3 is 10.6 Å². The predicted molar refractivity (Wildman–Crippen MR) is 86.2 cm³/mol. The van der Waals surface area contributed by atoms with Crippen LogP contribution in [0.25, 0.3) is 0 Å². The molecular weight excluding hydrogens is 345 g/mol. The molecule has 24 heavy (non-hydrogen) atoms. The molecule has 0 aliphatic rings. The molecule has 1 aromatic carbocycles. The van der Waals surface area contributed by atoms with Crippen molar-refractivity contribution in [2.45, 2.75) is 24.0 Å². The number of nitrogens with zero attached hydrogens (tertiary/aromatic N) is 2. The lowest BCUT2D eigenvalue weighted by atomic mass is 10.2. The highest BCUT2D eigenvalue weighted by atomic mass is 32.2. The van der Waals surface area contributed by atoms with Gasteiger partial charge in [0.05, 0.1) is 11.3 Å². The van der Waals surface area contributed by atoms with Gasteiger partial charge in [0, 0.05) is 34.2 Å². The quantitative estimate of drug-likeness (QED) is 0.592. The fraction of sp³-hybridized carbons (Fsp3) is 0.500. The first kappa shape index (κ1) is 20.2. The summed E-state index contributed by atoms with van der Waals surface area (Å²) in [5.74, 6) is 0.163. The van der Waals surface area contributed by atoms with Crippen molar-refractivity contribution in [3.8, 4) is 0 Å². The Morgan fingerprint density at radius 1 is 1.21 bits per heavy atom. The zero-order valence-electron chi connectivity index (χ0n) is 13.7. The molecule has 2 N–H and O–H groups in total. The van der Waals surface area contributed by atoms with Crippen LogP contribution in [0.5, 0.6) is 0 Å². The van der Waals surface area contributed by atoms with Crippen molar-refractivity contribution in [2.75, 3.05) is 27.7 Å². The summed E-state index contributed by atoms with van der Waals surface area (Å²) in [7, 11) is 0.663. The molecule has 0 heterocycles. The number of aliphatic imine (C=N–C) groups is 1. The van der Waals surface area contributed by atoms with Crippen LogP contribution in [-0.4, -0.2) is 52.5 Å². The first-order valence-electron chi connectivity index (χ1n) is 7.09. The Hall–Kier alpha value is -1.81. The van der Waals surface area contributed by atoms with Crippen LogP contribution < -0.4 is 10.6 Å². The Bertz CT molecular complexity index is 673. The fourth-order valence-corrected chi connectivity index (χ4v) is 2.94. The van der Waals surface area contributed by atoms with Crippen molar-refractivity contribution in [1.29, 1.82) is 0 Å². The summed E-state index contributed by atoms with van der Waals surface area (Å²) in [6.45, 7) is -0.213. The van der Waals surface area contributed by atoms with E-state index in [4.69, 9.17) is 0 Å². The lowest BCUT2D eigenvalue weighted by molar-refractivity contribution is -0.132. The molecule has 0 amide bonds. The van der Waals surface area contributed by atoms with E-state index in [0.29, 0.717) is 5.56 Å². The lowest BCUT2D eigenvalue weighted by Gasteiger charge is -2.17. The Morgan fingerprint density at radius 3 is 2.38 bits per heavy atom. The third-order valence-corrected chi connectivity index (χ3v) is 5.02. The highest BCUT2D eigenvalue weighted by Gasteiger charge is 2.26. The van der Waals surface area contributed by atoms with Crippen LogP contribution in [0.2, 0.25) is 0 Å². The molecule has 0 fully saturated rings. The maximum atomic E-state index is 12.3. The lowest BCUT2D eigenvalue weighted by Crippen LogP contribution is -2.38. The molecular formula is C14H21F3N4O2S. The van der Waals surface area contributed by atoms with Gasteiger partial charge in [0.1, 0.15) is 0 Å². The Kier molecular flexibility index (Phi) is 7.03. The van der Waals surface area contributed by atoms with Gasteiger partial charge in [-0.3, -0.25) is 4.99 Å². The number of benzene rings is 1. The molecule has 0 saturated carbocycles. The monoisotopic (exact) mass is 366 g/mol. The molecule has 136 valence electrons. The number of guanidine groups is 1. The van der Waals surface area contributed by atoms with Crippen molar-refractivity contribution in [3.05, 3.63) is 29.8 Å². The summed E-state index contributed by atoms with van der Waals surface area (Å²) in [6.07, 6.45) is -5.24. The van der Waals surface area contributed by atoms with E-state index in [-0.39, 0.29) is 23.9 Å². The fourth-order valence-electron chi connectivity index (χ4n) is 1.82. The average Bonchev–Trinajstić information content (AvgIpc) is 2.49. The van der Waals surface area contributed by atoms with Crippen LogP contribution in [0.3, 0.4) is 0 Å². The molecule has 0 atom stereocenters. The molecule has 10 heteroatoms. The van der Waals surface area contributed by atoms with E-state index in [1.165, 1.54) is 27.2 Å². The Labute approximate surface area is 139 Å². The summed E-state index contributed by atoms with van der Waals surface area (Å²) in [6, 6.07) is 6.40. The Balaban J connectivity index is 2.77. The molecule has 1 rings (SSSR count). The smallest absolute Gasteiger partial charge is 0.356 e. The van der Waals surface area contributed by atoms with E-state index in [0.717, 1.165) is 4.31 Å². The van der Waals surface area contributed by atoms with Gasteiger partial charge in [-0.1, -0.05) is 18.2 Å². The largest absolute Gasteiger partial charge is 0.390 e. The molecule has 1 aromatic rings. The van der Waals surface area contributed by atoms with Gasteiger partial charge in [-0.05, 0) is 11.6 Å². The molecule has 0 radical (unpaired) electrons. The van der Waals surface area contributed by atoms with E-state index < -0.39 is 22.6 Å². The van der Waals surface area contributed by atoms with Crippen LogP contribution >= 0.6 is 0 Å². The van der Waals surface area contributed by atoms with E-state index in [9.17, 15) is 21.6 Å². The number of halogens is 3. The van der Waals surface area contributed by atoms with Gasteiger partial charge in [-0.15, -0.1) is 0 Å². The first-order chi connectivity index (χ1) is 11.1. The SMILES string of the molecule is CN=C(NCCC(F)(F)F)NCc1ccccc1S(=O)(=O)N(C)C. The van der Waals surface area contributed by atoms with E-state index in [1.807, 2.05) is 0 Å². The number of rotatable bonds is 6. The van der Waals surface area contributed by atoms with Crippen LogP contribution in [0.4, 0.5) is 13.2 Å². The molecule has 0 unspecified atom stereocenters. The third kappa shape index (κ3) is 6.00. The topological polar surface area (TPSA) is 73.8 Å². The highest BCUT2D eigenvalue weighted by Crippen LogP contribution is 2.19. The summed E-state index contributed by atoms with van der Waals surface area (Å²) < 4.78 is 62.1. The van der Waals surface area contributed by atoms with Crippen molar-refractivity contribution in [2.24, 2.45) is 4.99 Å². The van der Waals surface area contributed by atoms with Crippen molar-refractivity contribution in [3.63, 3.8) is 0 Å². The summed E-state index contributed by atoms with van der Waals surface area (Å²) in [4.78, 5) is 3.95. The average molecular weight is 366 g/mol. The van der Waals surface area contributed by atoms with Gasteiger partial charge in [0.2, 0.25) is 10.0 Å². The van der Waals surface area contributed by atoms with Crippen LogP contribution in [-0.2, 0) is 16.6 Å². The van der Waals surface area contributed by atoms with Crippen LogP contribution in [0.1, 0.15) is 12.0 Å². The molecule has 0 spiro atoms. The van der Waals surface area contributed by atoms with E-state index in [1.54, 1.807) is 18.2 Å². The first-order valence-corrected chi connectivity index (χ1v) is 8.53. The number of alkyl halides is 3. The molecule has 0 aliphatic heterocycles. The van der Waals surface area contributed by atoms with Gasteiger partial charge in [0.25, 0.3) is 0 Å². The molecule has 0 aromatic heterocycles. The molecule has 6 nitrogen and oxygen atoms in total. The zero-order chi connectivity index (χ0) is 18.4. The number of hydrogen-bond donors (Lipinski definition) is 2. The minimum atomic E-state index is -4.25. The minimum Gasteiger partial charge on any atom is -0.356 e. The van der Waals surface area contributed by atoms with E-state index in [2.05, 4.69) is 15.6 Å². The number of nitrogens with one attached hydrogen (secondary N) is 2. The number of sulfonamides is 1. The standard InChI is InChI=1S/C14H21F3N4O2S/c1-18-13(19-9-8-14(15,16)17)20-10-11-6-4-5-7-12(11)24(22,23)21(2)3/h4-7H,8-10H2,1-3H3,(H2,18,19,20). The van der Waals surface area contributed by atoms with Crippen molar-refractivity contribution < 1.29 is 21.6 Å². The van der Waals surface area contributed by atoms with Crippen LogP contribution in [0.15, 0.2) is 34.2 Å². The Morgan fingerprint density at radius 2 is 1.83 bits per heavy atom. The second kappa shape index (κ2) is 8.34. The molecule has 0 bridgehead atoms. The maximum absolute atomic E-state index is 12.3. The summed E-state index contributed by atoms with van der Waals surface area (Å²) >= 11 is 0. The number of hydrogen-bond acceptors (Lipinski definition) is 3. The second-order valence-electron chi connectivity index (χ2n) is 5.11. The molecule has 0 saturated heterocycles. The summed E-state index contributed by atoms with van der Waals surface area (Å²) in [5.41, 5.74) is 0.491. The normalized spacial score (nSPS) is 13.2. The summed E-state index contributed by atoms with van der Waals surface area (Å²) in [5, 5.41) is 5.35. The van der Waals surface area contributed by atoms with E-state index >= 15 is 0 Å². The minimum absolute atomic E-state index is 0.106. The van der Waals surface area contributed by atoms with Crippen LogP contribution in [0, 0.1) is 0 Å². The van der Waals surface area contributed by atoms with Crippen molar-refractivity contribution >= 4 is 16.0 Å². The van der Waals surface area contributed by atoms with Gasteiger partial charge in [-0.2, -0.15) is 13.2 Å². The zero-order valence-corrected chi connectivity index (χ0v) is 14.5. The predicted octanol–water partition coefficient (Wildman–Crippen LogP) is 1.55.